The maximum atomic E-state index is 9.23. The number of phenolic OH excluding ortho intramolecular Hbond substituents is 1. The summed E-state index contributed by atoms with van der Waals surface area (Å²) >= 11 is 0. The fraction of sp³-hybridized carbons (Fsp3) is 0.400. The van der Waals surface area contributed by atoms with Crippen molar-refractivity contribution in [2.75, 3.05) is 5.32 Å². The first kappa shape index (κ1) is 7.47. The van der Waals surface area contributed by atoms with Crippen LogP contribution in [-0.4, -0.2) is 11.1 Å². The Labute approximate surface area is 72.2 Å². The molecule has 0 bridgehead atoms. The van der Waals surface area contributed by atoms with E-state index in [1.165, 1.54) is 12.0 Å². The third kappa shape index (κ3) is 1.24. The predicted molar refractivity (Wildman–Crippen MR) is 49.5 cm³/mol. The molecule has 64 valence electrons. The number of aromatic hydroxyl groups is 1. The third-order valence-corrected chi connectivity index (χ3v) is 2.34. The number of nitrogens with one attached hydrogen (secondary N) is 1. The minimum Gasteiger partial charge on any atom is -0.508 e. The Bertz CT molecular complexity index is 296. The number of hydrogen-bond acceptors (Lipinski definition) is 2. The van der Waals surface area contributed by atoms with Gasteiger partial charge < -0.3 is 10.4 Å². The Hall–Kier alpha value is -1.18. The maximum Gasteiger partial charge on any atom is 0.117 e. The van der Waals surface area contributed by atoms with Gasteiger partial charge in [-0.15, -0.1) is 0 Å². The highest BCUT2D eigenvalue weighted by Crippen LogP contribution is 2.27. The fourth-order valence-electron chi connectivity index (χ4n) is 1.63. The van der Waals surface area contributed by atoms with Crippen LogP contribution >= 0.6 is 0 Å². The smallest absolute Gasteiger partial charge is 0.117 e. The van der Waals surface area contributed by atoms with Crippen LogP contribution in [0.5, 0.6) is 5.75 Å². The monoisotopic (exact) mass is 163 g/mol. The van der Waals surface area contributed by atoms with E-state index >= 15 is 0 Å². The van der Waals surface area contributed by atoms with Gasteiger partial charge in [-0.05, 0) is 31.4 Å². The molecule has 0 fully saturated rings. The van der Waals surface area contributed by atoms with Crippen LogP contribution in [0.2, 0.25) is 0 Å². The van der Waals surface area contributed by atoms with Gasteiger partial charge in [-0.25, -0.2) is 0 Å². The van der Waals surface area contributed by atoms with Crippen LogP contribution in [0.15, 0.2) is 18.2 Å². The quantitative estimate of drug-likeness (QED) is 0.614. The summed E-state index contributed by atoms with van der Waals surface area (Å²) in [5, 5.41) is 12.6. The lowest BCUT2D eigenvalue weighted by molar-refractivity contribution is 0.475. The lowest BCUT2D eigenvalue weighted by Gasteiger charge is -2.23. The number of aryl methyl sites for hydroxylation is 1. The molecule has 2 nitrogen and oxygen atoms in total. The van der Waals surface area contributed by atoms with Crippen LogP contribution in [-0.2, 0) is 6.42 Å². The van der Waals surface area contributed by atoms with Gasteiger partial charge in [0.15, 0.2) is 0 Å². The molecule has 0 saturated heterocycles. The molecule has 2 rings (SSSR count). The average Bonchev–Trinajstić information content (AvgIpc) is 2.03. The highest BCUT2D eigenvalue weighted by Gasteiger charge is 2.13. The molecule has 0 saturated carbocycles. The number of anilines is 1. The molecule has 12 heavy (non-hydrogen) atoms. The van der Waals surface area contributed by atoms with E-state index in [4.69, 9.17) is 0 Å². The first-order valence-corrected chi connectivity index (χ1v) is 4.34. The molecule has 1 aliphatic heterocycles. The van der Waals surface area contributed by atoms with Crippen LogP contribution in [0, 0.1) is 0 Å². The van der Waals surface area contributed by atoms with E-state index in [1.807, 2.05) is 6.07 Å². The summed E-state index contributed by atoms with van der Waals surface area (Å²) in [6.45, 7) is 2.16. The molecule has 1 aromatic rings. The molecule has 1 atom stereocenters. The topological polar surface area (TPSA) is 32.3 Å². The Morgan fingerprint density at radius 1 is 1.50 bits per heavy atom. The van der Waals surface area contributed by atoms with E-state index in [-0.39, 0.29) is 0 Å². The molecule has 1 heterocycles. The molecule has 0 aromatic heterocycles. The van der Waals surface area contributed by atoms with Crippen LogP contribution < -0.4 is 5.32 Å². The molecule has 0 spiro atoms. The lowest BCUT2D eigenvalue weighted by atomic mass is 9.99. The third-order valence-electron chi connectivity index (χ3n) is 2.34. The standard InChI is InChI=1S/C10H13NO/c1-7-2-3-8-4-5-9(12)6-10(8)11-7/h4-7,11-12H,2-3H2,1H3. The van der Waals surface area contributed by atoms with Crippen molar-refractivity contribution >= 4 is 5.69 Å². The largest absolute Gasteiger partial charge is 0.508 e. The van der Waals surface area contributed by atoms with Crippen LogP contribution in [0.1, 0.15) is 18.9 Å². The second kappa shape index (κ2) is 2.70. The molecule has 1 unspecified atom stereocenters. The molecule has 2 N–H and O–H groups in total. The zero-order valence-corrected chi connectivity index (χ0v) is 7.17. The number of rotatable bonds is 0. The van der Waals surface area contributed by atoms with Gasteiger partial charge in [-0.3, -0.25) is 0 Å². The maximum absolute atomic E-state index is 9.23. The number of phenols is 1. The highest BCUT2D eigenvalue weighted by atomic mass is 16.3. The molecule has 1 aliphatic rings. The Morgan fingerprint density at radius 2 is 2.33 bits per heavy atom. The summed E-state index contributed by atoms with van der Waals surface area (Å²) in [5.74, 6) is 0.343. The molecule has 1 aromatic carbocycles. The van der Waals surface area contributed by atoms with Crippen LogP contribution in [0.3, 0.4) is 0 Å². The number of hydrogen-bond donors (Lipinski definition) is 2. The molecule has 0 amide bonds. The summed E-state index contributed by atoms with van der Waals surface area (Å²) in [7, 11) is 0. The van der Waals surface area contributed by atoms with Crippen molar-refractivity contribution in [1.29, 1.82) is 0 Å². The van der Waals surface area contributed by atoms with E-state index in [0.717, 1.165) is 12.1 Å². The SMILES string of the molecule is CC1CCc2ccc(O)cc2N1. The second-order valence-electron chi connectivity index (χ2n) is 3.43. The molecule has 0 radical (unpaired) electrons. The fourth-order valence-corrected chi connectivity index (χ4v) is 1.63. The minimum atomic E-state index is 0.343. The van der Waals surface area contributed by atoms with Gasteiger partial charge in [0.05, 0.1) is 0 Å². The summed E-state index contributed by atoms with van der Waals surface area (Å²) in [5.41, 5.74) is 2.40. The summed E-state index contributed by atoms with van der Waals surface area (Å²) in [6.07, 6.45) is 2.29. The van der Waals surface area contributed by atoms with Crippen LogP contribution in [0.4, 0.5) is 5.69 Å². The average molecular weight is 163 g/mol. The van der Waals surface area contributed by atoms with Crippen molar-refractivity contribution < 1.29 is 5.11 Å². The van der Waals surface area contributed by atoms with E-state index in [1.54, 1.807) is 12.1 Å². The van der Waals surface area contributed by atoms with Gasteiger partial charge >= 0.3 is 0 Å². The van der Waals surface area contributed by atoms with E-state index in [9.17, 15) is 5.11 Å². The molecular formula is C10H13NO. The van der Waals surface area contributed by atoms with Crippen LogP contribution in [0.25, 0.3) is 0 Å². The number of fused-ring (bicyclic) bond motifs is 1. The highest BCUT2D eigenvalue weighted by molar-refractivity contribution is 5.56. The van der Waals surface area contributed by atoms with E-state index in [2.05, 4.69) is 12.2 Å². The van der Waals surface area contributed by atoms with Crippen molar-refractivity contribution in [1.82, 2.24) is 0 Å². The lowest BCUT2D eigenvalue weighted by Crippen LogP contribution is -2.21. The number of benzene rings is 1. The second-order valence-corrected chi connectivity index (χ2v) is 3.43. The van der Waals surface area contributed by atoms with Crippen molar-refractivity contribution in [2.45, 2.75) is 25.8 Å². The molecular weight excluding hydrogens is 150 g/mol. The first-order chi connectivity index (χ1) is 5.75. The summed E-state index contributed by atoms with van der Waals surface area (Å²) in [4.78, 5) is 0. The van der Waals surface area contributed by atoms with Gasteiger partial charge in [0.1, 0.15) is 5.75 Å². The predicted octanol–water partition coefficient (Wildman–Crippen LogP) is 2.14. The Morgan fingerprint density at radius 3 is 3.17 bits per heavy atom. The van der Waals surface area contributed by atoms with Gasteiger partial charge in [-0.1, -0.05) is 6.07 Å². The van der Waals surface area contributed by atoms with Gasteiger partial charge in [0.2, 0.25) is 0 Å². The Kier molecular flexibility index (Phi) is 1.68. The normalized spacial score (nSPS) is 21.2. The van der Waals surface area contributed by atoms with Crippen molar-refractivity contribution in [3.63, 3.8) is 0 Å². The zero-order chi connectivity index (χ0) is 8.55. The van der Waals surface area contributed by atoms with Crippen molar-refractivity contribution in [3.05, 3.63) is 23.8 Å². The van der Waals surface area contributed by atoms with E-state index < -0.39 is 0 Å². The van der Waals surface area contributed by atoms with Crippen molar-refractivity contribution in [2.24, 2.45) is 0 Å². The van der Waals surface area contributed by atoms with Gasteiger partial charge in [-0.2, -0.15) is 0 Å². The molecule has 0 aliphatic carbocycles. The summed E-state index contributed by atoms with van der Waals surface area (Å²) in [6, 6.07) is 6.06. The van der Waals surface area contributed by atoms with Gasteiger partial charge in [0, 0.05) is 17.8 Å². The van der Waals surface area contributed by atoms with E-state index in [0.29, 0.717) is 11.8 Å². The van der Waals surface area contributed by atoms with Gasteiger partial charge in [0.25, 0.3) is 0 Å². The zero-order valence-electron chi connectivity index (χ0n) is 7.17. The first-order valence-electron chi connectivity index (χ1n) is 4.34. The van der Waals surface area contributed by atoms with Crippen molar-refractivity contribution in [3.8, 4) is 5.75 Å². The Balaban J connectivity index is 2.37. The minimum absolute atomic E-state index is 0.343. The molecule has 2 heteroatoms. The summed E-state index contributed by atoms with van der Waals surface area (Å²) < 4.78 is 0.